The van der Waals surface area contributed by atoms with E-state index in [1.54, 1.807) is 0 Å². The second-order valence-electron chi connectivity index (χ2n) is 4.26. The van der Waals surface area contributed by atoms with Crippen molar-refractivity contribution in [1.29, 1.82) is 0 Å². The summed E-state index contributed by atoms with van der Waals surface area (Å²) in [6.07, 6.45) is 3.77. The minimum atomic E-state index is -0.0700. The highest BCUT2D eigenvalue weighted by Crippen LogP contribution is 2.28. The molecule has 0 aromatic heterocycles. The first-order valence-electron chi connectivity index (χ1n) is 5.23. The van der Waals surface area contributed by atoms with Gasteiger partial charge in [0.05, 0.1) is 6.61 Å². The van der Waals surface area contributed by atoms with Gasteiger partial charge >= 0.3 is 5.97 Å². The molecule has 14 heavy (non-hydrogen) atoms. The average molecular weight is 265 g/mol. The van der Waals surface area contributed by atoms with Crippen molar-refractivity contribution in [2.24, 2.45) is 5.41 Å². The number of rotatable bonds is 7. The van der Waals surface area contributed by atoms with E-state index in [0.29, 0.717) is 13.0 Å². The lowest BCUT2D eigenvalue weighted by molar-refractivity contribution is -0.143. The second-order valence-corrected chi connectivity index (χ2v) is 5.05. The number of hydrogen-bond donors (Lipinski definition) is 0. The number of carbonyl (C=O) groups excluding carboxylic acids is 1. The van der Waals surface area contributed by atoms with Gasteiger partial charge in [0, 0.05) is 11.8 Å². The van der Waals surface area contributed by atoms with Crippen LogP contribution in [0.2, 0.25) is 0 Å². The molecule has 0 aromatic rings. The van der Waals surface area contributed by atoms with E-state index in [0.717, 1.165) is 24.6 Å². The van der Waals surface area contributed by atoms with Crippen LogP contribution in [0.1, 0.15) is 46.5 Å². The maximum absolute atomic E-state index is 11.1. The molecule has 0 aromatic carbocycles. The highest BCUT2D eigenvalue weighted by molar-refractivity contribution is 9.09. The molecule has 0 radical (unpaired) electrons. The van der Waals surface area contributed by atoms with Gasteiger partial charge in [0.15, 0.2) is 0 Å². The van der Waals surface area contributed by atoms with Gasteiger partial charge in [0.2, 0.25) is 0 Å². The van der Waals surface area contributed by atoms with E-state index in [9.17, 15) is 4.79 Å². The Kier molecular flexibility index (Phi) is 7.24. The van der Waals surface area contributed by atoms with Crippen molar-refractivity contribution >= 4 is 21.9 Å². The molecular weight excluding hydrogens is 244 g/mol. The van der Waals surface area contributed by atoms with Crippen LogP contribution in [-0.2, 0) is 9.53 Å². The first-order chi connectivity index (χ1) is 6.52. The molecule has 0 aliphatic heterocycles. The van der Waals surface area contributed by atoms with Crippen LogP contribution in [0.3, 0.4) is 0 Å². The van der Waals surface area contributed by atoms with Gasteiger partial charge < -0.3 is 4.74 Å². The van der Waals surface area contributed by atoms with Gasteiger partial charge in [0.1, 0.15) is 0 Å². The first kappa shape index (κ1) is 13.9. The fourth-order valence-corrected chi connectivity index (χ4v) is 1.62. The molecule has 3 heteroatoms. The van der Waals surface area contributed by atoms with Crippen molar-refractivity contribution in [2.45, 2.75) is 46.5 Å². The minimum absolute atomic E-state index is 0.0700. The van der Waals surface area contributed by atoms with Gasteiger partial charge in [-0.25, -0.2) is 0 Å². The fraction of sp³-hybridized carbons (Fsp3) is 0.909. The minimum Gasteiger partial charge on any atom is -0.466 e. The standard InChI is InChI=1S/C11H21BrO2/c1-4-14-10(13)6-8-11(2,3)7-5-9-12/h4-9H2,1-3H3. The van der Waals surface area contributed by atoms with E-state index in [4.69, 9.17) is 4.74 Å². The van der Waals surface area contributed by atoms with Crippen molar-refractivity contribution in [3.05, 3.63) is 0 Å². The molecule has 84 valence electrons. The predicted molar refractivity (Wildman–Crippen MR) is 62.7 cm³/mol. The molecule has 0 atom stereocenters. The van der Waals surface area contributed by atoms with Gasteiger partial charge in [-0.15, -0.1) is 0 Å². The molecule has 0 heterocycles. The van der Waals surface area contributed by atoms with Crippen LogP contribution in [0.4, 0.5) is 0 Å². The van der Waals surface area contributed by atoms with Gasteiger partial charge in [-0.1, -0.05) is 29.8 Å². The zero-order valence-corrected chi connectivity index (χ0v) is 11.0. The second kappa shape index (κ2) is 7.27. The van der Waals surface area contributed by atoms with Crippen LogP contribution in [0.5, 0.6) is 0 Å². The topological polar surface area (TPSA) is 26.3 Å². The third-order valence-electron chi connectivity index (χ3n) is 2.30. The summed E-state index contributed by atoms with van der Waals surface area (Å²) in [6.45, 7) is 6.73. The van der Waals surface area contributed by atoms with E-state index in [-0.39, 0.29) is 11.4 Å². The molecule has 0 aliphatic rings. The van der Waals surface area contributed by atoms with Gasteiger partial charge in [0.25, 0.3) is 0 Å². The van der Waals surface area contributed by atoms with Gasteiger partial charge in [-0.05, 0) is 31.6 Å². The summed E-state index contributed by atoms with van der Waals surface area (Å²) in [5.74, 6) is -0.0700. The Balaban J connectivity index is 3.68. The maximum atomic E-state index is 11.1. The monoisotopic (exact) mass is 264 g/mol. The van der Waals surface area contributed by atoms with E-state index >= 15 is 0 Å². The first-order valence-corrected chi connectivity index (χ1v) is 6.35. The highest BCUT2D eigenvalue weighted by atomic mass is 79.9. The smallest absolute Gasteiger partial charge is 0.305 e. The summed E-state index contributed by atoms with van der Waals surface area (Å²) in [6, 6.07) is 0. The number of alkyl halides is 1. The van der Waals surface area contributed by atoms with E-state index in [2.05, 4.69) is 29.8 Å². The number of halogens is 1. The molecule has 0 spiro atoms. The SMILES string of the molecule is CCOC(=O)CCC(C)(C)CCCBr. The number of ether oxygens (including phenoxy) is 1. The van der Waals surface area contributed by atoms with Crippen molar-refractivity contribution < 1.29 is 9.53 Å². The Bertz CT molecular complexity index is 167. The molecule has 0 saturated heterocycles. The molecular formula is C11H21BrO2. The van der Waals surface area contributed by atoms with Crippen LogP contribution < -0.4 is 0 Å². The molecule has 0 unspecified atom stereocenters. The van der Waals surface area contributed by atoms with Crippen LogP contribution >= 0.6 is 15.9 Å². The van der Waals surface area contributed by atoms with Crippen LogP contribution in [0, 0.1) is 5.41 Å². The van der Waals surface area contributed by atoms with Crippen LogP contribution in [0.25, 0.3) is 0 Å². The van der Waals surface area contributed by atoms with Crippen LogP contribution in [-0.4, -0.2) is 17.9 Å². The lowest BCUT2D eigenvalue weighted by atomic mass is 9.83. The van der Waals surface area contributed by atoms with Gasteiger partial charge in [-0.2, -0.15) is 0 Å². The van der Waals surface area contributed by atoms with Crippen molar-refractivity contribution in [3.63, 3.8) is 0 Å². The summed E-state index contributed by atoms with van der Waals surface area (Å²) in [7, 11) is 0. The number of carbonyl (C=O) groups is 1. The lowest BCUT2D eigenvalue weighted by Crippen LogP contribution is -2.15. The Labute approximate surface area is 95.5 Å². The summed E-state index contributed by atoms with van der Waals surface area (Å²) >= 11 is 3.42. The molecule has 0 N–H and O–H groups in total. The molecule has 0 amide bonds. The van der Waals surface area contributed by atoms with Crippen molar-refractivity contribution in [2.75, 3.05) is 11.9 Å². The Morgan fingerprint density at radius 3 is 2.50 bits per heavy atom. The zero-order valence-electron chi connectivity index (χ0n) is 9.44. The van der Waals surface area contributed by atoms with Crippen molar-refractivity contribution in [3.8, 4) is 0 Å². The Hall–Kier alpha value is -0.0500. The van der Waals surface area contributed by atoms with E-state index in [1.807, 2.05) is 6.92 Å². The van der Waals surface area contributed by atoms with E-state index < -0.39 is 0 Å². The maximum Gasteiger partial charge on any atom is 0.305 e. The fourth-order valence-electron chi connectivity index (χ4n) is 1.34. The third kappa shape index (κ3) is 7.36. The molecule has 0 saturated carbocycles. The summed E-state index contributed by atoms with van der Waals surface area (Å²) in [5.41, 5.74) is 0.251. The quantitative estimate of drug-likeness (QED) is 0.520. The Morgan fingerprint density at radius 1 is 1.36 bits per heavy atom. The summed E-state index contributed by atoms with van der Waals surface area (Å²) in [5, 5.41) is 1.04. The largest absolute Gasteiger partial charge is 0.466 e. The molecule has 0 aliphatic carbocycles. The molecule has 0 fully saturated rings. The van der Waals surface area contributed by atoms with E-state index in [1.165, 1.54) is 0 Å². The predicted octanol–water partition coefficient (Wildman–Crippen LogP) is 3.53. The highest BCUT2D eigenvalue weighted by Gasteiger charge is 2.18. The van der Waals surface area contributed by atoms with Gasteiger partial charge in [-0.3, -0.25) is 4.79 Å². The Morgan fingerprint density at radius 2 is 2.00 bits per heavy atom. The lowest BCUT2D eigenvalue weighted by Gasteiger charge is -2.23. The molecule has 0 rings (SSSR count). The molecule has 2 nitrogen and oxygen atoms in total. The average Bonchev–Trinajstić information content (AvgIpc) is 2.13. The number of hydrogen-bond acceptors (Lipinski definition) is 2. The normalized spacial score (nSPS) is 11.4. The summed E-state index contributed by atoms with van der Waals surface area (Å²) in [4.78, 5) is 11.1. The number of esters is 1. The van der Waals surface area contributed by atoms with Crippen molar-refractivity contribution in [1.82, 2.24) is 0 Å². The van der Waals surface area contributed by atoms with Crippen LogP contribution in [0.15, 0.2) is 0 Å². The zero-order chi connectivity index (χ0) is 11.0. The molecule has 0 bridgehead atoms. The summed E-state index contributed by atoms with van der Waals surface area (Å²) < 4.78 is 4.89. The third-order valence-corrected chi connectivity index (χ3v) is 2.86.